The van der Waals surface area contributed by atoms with Crippen LogP contribution in [0.1, 0.15) is 0 Å². The lowest BCUT2D eigenvalue weighted by Crippen LogP contribution is -2.09. The number of hydrogen-bond donors (Lipinski definition) is 0. The predicted molar refractivity (Wildman–Crippen MR) is 442 cm³/mol. The number of fused-ring (bicyclic) bond motifs is 20. The molecular weight excluding hydrogens is 1360 g/mol. The smallest absolute Gasteiger partial charge is 0.227 e. The number of rotatable bonds is 11. The Morgan fingerprint density at radius 3 is 1.02 bits per heavy atom. The van der Waals surface area contributed by atoms with Crippen LogP contribution in [0.2, 0.25) is 0 Å². The molecule has 0 atom stereocenters. The number of oxazole rings is 2. The highest BCUT2D eigenvalue weighted by Gasteiger charge is 2.24. The molecule has 0 unspecified atom stereocenters. The Morgan fingerprint density at radius 2 is 0.473 bits per heavy atom. The number of nitrogens with zero attached hydrogens (tertiary/aromatic N) is 4. The number of para-hydroxylation sites is 3. The van der Waals surface area contributed by atoms with Crippen LogP contribution in [-0.4, -0.2) is 9.97 Å². The molecule has 12 heteroatoms. The molecule has 0 saturated carbocycles. The van der Waals surface area contributed by atoms with Crippen LogP contribution in [0, 0.1) is 0 Å². The molecule has 0 aliphatic carbocycles. The van der Waals surface area contributed by atoms with Crippen LogP contribution in [0.25, 0.3) is 210 Å². The Bertz CT molecular complexity index is 7940. The molecule has 0 spiro atoms. The number of hydrogen-bond acceptors (Lipinski definition) is 12. The molecule has 0 amide bonds. The van der Waals surface area contributed by atoms with Gasteiger partial charge in [-0.05, 0) is 215 Å². The summed E-state index contributed by atoms with van der Waals surface area (Å²) in [4.78, 5) is 14.5. The van der Waals surface area contributed by atoms with Crippen LogP contribution >= 0.6 is 0 Å². The summed E-state index contributed by atoms with van der Waals surface area (Å²) >= 11 is 0. The Morgan fingerprint density at radius 1 is 0.155 bits per heavy atom. The van der Waals surface area contributed by atoms with Gasteiger partial charge in [0.25, 0.3) is 0 Å². The third-order valence-electron chi connectivity index (χ3n) is 21.9. The molecule has 514 valence electrons. The number of benzene rings is 16. The molecule has 8 aromatic heterocycles. The van der Waals surface area contributed by atoms with Gasteiger partial charge >= 0.3 is 0 Å². The minimum atomic E-state index is 0.516. The maximum atomic E-state index is 6.73. The largest absolute Gasteiger partial charge is 0.456 e. The maximum Gasteiger partial charge on any atom is 0.227 e. The molecule has 24 rings (SSSR count). The summed E-state index contributed by atoms with van der Waals surface area (Å²) in [6, 6.07) is 113. The molecule has 24 aromatic rings. The maximum absolute atomic E-state index is 6.73. The zero-order valence-electron chi connectivity index (χ0n) is 58.2. The fraction of sp³-hybridized carbons (Fsp3) is 0. The highest BCUT2D eigenvalue weighted by molar-refractivity contribution is 6.14. The molecule has 0 aliphatic heterocycles. The van der Waals surface area contributed by atoms with Gasteiger partial charge in [-0.15, -0.1) is 0 Å². The highest BCUT2D eigenvalue weighted by Crippen LogP contribution is 2.47. The van der Waals surface area contributed by atoms with Crippen LogP contribution in [0.15, 0.2) is 363 Å². The van der Waals surface area contributed by atoms with Crippen molar-refractivity contribution < 1.29 is 35.3 Å². The lowest BCUT2D eigenvalue weighted by Gasteiger charge is -2.26. The molecule has 16 aromatic carbocycles. The molecule has 0 fully saturated rings. The van der Waals surface area contributed by atoms with E-state index in [1.54, 1.807) is 0 Å². The van der Waals surface area contributed by atoms with Crippen molar-refractivity contribution in [1.82, 2.24) is 9.97 Å². The molecular formula is C98H54N4O8. The van der Waals surface area contributed by atoms with Gasteiger partial charge in [-0.25, -0.2) is 9.97 Å². The van der Waals surface area contributed by atoms with Gasteiger partial charge in [0.05, 0.1) is 0 Å². The van der Waals surface area contributed by atoms with Gasteiger partial charge in [0.1, 0.15) is 78.0 Å². The van der Waals surface area contributed by atoms with E-state index >= 15 is 0 Å². The van der Waals surface area contributed by atoms with Crippen molar-refractivity contribution in [2.45, 2.75) is 0 Å². The van der Waals surface area contributed by atoms with Crippen molar-refractivity contribution >= 4 is 188 Å². The first-order valence-corrected chi connectivity index (χ1v) is 36.6. The first-order chi connectivity index (χ1) is 54.4. The van der Waals surface area contributed by atoms with Crippen molar-refractivity contribution in [3.63, 3.8) is 0 Å². The molecule has 0 saturated heterocycles. The van der Waals surface area contributed by atoms with Gasteiger partial charge in [-0.3, -0.25) is 0 Å². The van der Waals surface area contributed by atoms with Crippen LogP contribution < -0.4 is 9.80 Å². The number of furan rings is 6. The minimum Gasteiger partial charge on any atom is -0.456 e. The molecule has 0 N–H and O–H groups in total. The average molecular weight is 1420 g/mol. The number of aromatic nitrogens is 2. The monoisotopic (exact) mass is 1410 g/mol. The summed E-state index contributed by atoms with van der Waals surface area (Å²) in [5, 5.41) is 12.3. The summed E-state index contributed by atoms with van der Waals surface area (Å²) in [5.41, 5.74) is 26.3. The minimum absolute atomic E-state index is 0.516. The molecule has 8 heterocycles. The first kappa shape index (κ1) is 60.2. The standard InChI is InChI=1S/C98H54N4O8/c1-2-11-57(12-3-1)97-100-82-53-93-80(52-95(82)109-97)75-37-26-60(45-91(75)107-93)55-21-28-63(29-22-55)101(65-33-40-86-76(47-65)70-16-5-8-19-84(70)103-86)66-35-42-88-78(49-66)73-38-27-61(46-89(73)106-88)58-13-10-14-62(43-58)98-99-81-51-79-74-36-25-59(44-90(74)108-94(79)54-96(81)110-98)56-23-30-64(31-24-56)102(67-34-41-87-77(48-67)71-17-6-9-20-85(71)104-87)68-32-39-72-69-15-4-7-18-83(69)105-92(72)50-68/h1-54H. The predicted octanol–water partition coefficient (Wildman–Crippen LogP) is 28.6. The van der Waals surface area contributed by atoms with Crippen LogP contribution in [-0.2, 0) is 0 Å². The van der Waals surface area contributed by atoms with E-state index in [0.717, 1.165) is 221 Å². The van der Waals surface area contributed by atoms with E-state index < -0.39 is 0 Å². The lowest BCUT2D eigenvalue weighted by atomic mass is 10.0. The zero-order chi connectivity index (χ0) is 71.8. The summed E-state index contributed by atoms with van der Waals surface area (Å²) < 4.78 is 51.8. The van der Waals surface area contributed by atoms with E-state index in [2.05, 4.69) is 234 Å². The van der Waals surface area contributed by atoms with E-state index in [0.29, 0.717) is 22.9 Å². The third-order valence-corrected chi connectivity index (χ3v) is 21.9. The molecule has 0 bridgehead atoms. The summed E-state index contributed by atoms with van der Waals surface area (Å²) in [6.07, 6.45) is 0. The zero-order valence-corrected chi connectivity index (χ0v) is 58.2. The average Bonchev–Trinajstić information content (AvgIpc) is 1.58. The highest BCUT2D eigenvalue weighted by atomic mass is 16.4. The van der Waals surface area contributed by atoms with Crippen molar-refractivity contribution in [2.75, 3.05) is 9.80 Å². The Hall–Kier alpha value is -15.1. The van der Waals surface area contributed by atoms with Gasteiger partial charge in [-0.1, -0.05) is 127 Å². The topological polar surface area (TPSA) is 137 Å². The summed E-state index contributed by atoms with van der Waals surface area (Å²) in [5.74, 6) is 1.10. The van der Waals surface area contributed by atoms with Gasteiger partial charge in [-0.2, -0.15) is 0 Å². The van der Waals surface area contributed by atoms with Crippen molar-refractivity contribution in [1.29, 1.82) is 0 Å². The Balaban J connectivity index is 0.517. The van der Waals surface area contributed by atoms with Crippen molar-refractivity contribution in [3.05, 3.63) is 328 Å². The second-order valence-corrected chi connectivity index (χ2v) is 28.3. The van der Waals surface area contributed by atoms with Gasteiger partial charge in [0, 0.05) is 128 Å². The van der Waals surface area contributed by atoms with E-state index in [1.807, 2.05) is 103 Å². The summed E-state index contributed by atoms with van der Waals surface area (Å²) in [6.45, 7) is 0. The van der Waals surface area contributed by atoms with Gasteiger partial charge < -0.3 is 45.1 Å². The number of anilines is 6. The van der Waals surface area contributed by atoms with E-state index in [9.17, 15) is 0 Å². The normalized spacial score (nSPS) is 12.2. The van der Waals surface area contributed by atoms with Gasteiger partial charge in [0.2, 0.25) is 11.8 Å². The van der Waals surface area contributed by atoms with Gasteiger partial charge in [0.15, 0.2) is 11.2 Å². The fourth-order valence-electron chi connectivity index (χ4n) is 16.6. The SMILES string of the molecule is c1ccc(-c2nc3cc4oc5cc(-c6ccc(N(c7ccc8oc9ccccc9c8c7)c7ccc8oc9cc(-c%10cccc(-c%11nc%12cc%13c(cc%12o%11)oc%11cc(-c%12ccc(N(c%14ccc%15c(c%14)oc%14ccccc%14%15)c%14ccc%15oc%16ccccc%16c%15c%14)cc%12)ccc%11%13)c%10)ccc9c8c7)cc6)ccc5c4cc3o2)cc1. The second-order valence-electron chi connectivity index (χ2n) is 28.3. The molecule has 0 radical (unpaired) electrons. The molecule has 12 nitrogen and oxygen atoms in total. The van der Waals surface area contributed by atoms with Crippen LogP contribution in [0.4, 0.5) is 34.1 Å². The van der Waals surface area contributed by atoms with Crippen molar-refractivity contribution in [2.24, 2.45) is 0 Å². The molecule has 110 heavy (non-hydrogen) atoms. The quantitative estimate of drug-likeness (QED) is 0.122. The first-order valence-electron chi connectivity index (χ1n) is 36.6. The second kappa shape index (κ2) is 23.2. The van der Waals surface area contributed by atoms with Crippen LogP contribution in [0.3, 0.4) is 0 Å². The van der Waals surface area contributed by atoms with E-state index in [1.165, 1.54) is 0 Å². The Labute approximate surface area is 623 Å². The van der Waals surface area contributed by atoms with E-state index in [-0.39, 0.29) is 0 Å². The third kappa shape index (κ3) is 9.52. The van der Waals surface area contributed by atoms with Crippen LogP contribution in [0.5, 0.6) is 0 Å². The summed E-state index contributed by atoms with van der Waals surface area (Å²) in [7, 11) is 0. The fourth-order valence-corrected chi connectivity index (χ4v) is 16.6. The molecule has 0 aliphatic rings. The Kier molecular flexibility index (Phi) is 12.7. The lowest BCUT2D eigenvalue weighted by molar-refractivity contribution is 0.617. The van der Waals surface area contributed by atoms with E-state index in [4.69, 9.17) is 45.3 Å². The van der Waals surface area contributed by atoms with Crippen molar-refractivity contribution in [3.8, 4) is 56.3 Å².